The minimum absolute atomic E-state index is 0.140. The van der Waals surface area contributed by atoms with Gasteiger partial charge in [0.2, 0.25) is 5.88 Å². The van der Waals surface area contributed by atoms with Gasteiger partial charge in [-0.1, -0.05) is 0 Å². The first-order chi connectivity index (χ1) is 6.31. The van der Waals surface area contributed by atoms with E-state index in [2.05, 4.69) is 9.72 Å². The minimum atomic E-state index is -4.86. The Balaban J connectivity index is 3.06. The van der Waals surface area contributed by atoms with Crippen LogP contribution in [-0.2, 0) is 0 Å². The molecule has 0 N–H and O–H groups in total. The fraction of sp³-hybridized carbons (Fsp3) is 0.167. The smallest absolute Gasteiger partial charge is 0.387 e. The molecule has 0 bridgehead atoms. The van der Waals surface area contributed by atoms with Crippen molar-refractivity contribution in [2.24, 2.45) is 0 Å². The molecule has 78 valence electrons. The van der Waals surface area contributed by atoms with Gasteiger partial charge in [-0.2, -0.15) is 0 Å². The Morgan fingerprint density at radius 1 is 1.29 bits per heavy atom. The highest BCUT2D eigenvalue weighted by atomic mass is 127. The summed E-state index contributed by atoms with van der Waals surface area (Å²) in [6.45, 7) is 0. The van der Waals surface area contributed by atoms with Crippen LogP contribution in [0.1, 0.15) is 0 Å². The lowest BCUT2D eigenvalue weighted by atomic mass is 10.5. The monoisotopic (exact) mass is 433 g/mol. The molecule has 0 amide bonds. The second-order valence-corrected chi connectivity index (χ2v) is 4.33. The van der Waals surface area contributed by atoms with E-state index in [9.17, 15) is 17.6 Å². The zero-order chi connectivity index (χ0) is 10.9. The zero-order valence-corrected chi connectivity index (χ0v) is 10.5. The van der Waals surface area contributed by atoms with Crippen molar-refractivity contribution in [2.45, 2.75) is 6.36 Å². The quantitative estimate of drug-likeness (QED) is 0.501. The molecule has 0 aliphatic heterocycles. The van der Waals surface area contributed by atoms with E-state index in [0.717, 1.165) is 6.20 Å². The molecule has 0 atom stereocenters. The molecule has 0 aromatic carbocycles. The molecule has 0 spiro atoms. The van der Waals surface area contributed by atoms with Gasteiger partial charge in [0.15, 0.2) is 5.82 Å². The molecule has 1 heterocycles. The zero-order valence-electron chi connectivity index (χ0n) is 6.20. The summed E-state index contributed by atoms with van der Waals surface area (Å²) in [5.74, 6) is -1.53. The largest absolute Gasteiger partial charge is 0.574 e. The van der Waals surface area contributed by atoms with E-state index in [4.69, 9.17) is 0 Å². The van der Waals surface area contributed by atoms with E-state index in [1.54, 1.807) is 22.6 Å². The Labute approximate surface area is 103 Å². The van der Waals surface area contributed by atoms with Gasteiger partial charge in [-0.25, -0.2) is 9.37 Å². The van der Waals surface area contributed by atoms with Crippen LogP contribution in [0.2, 0.25) is 0 Å². The summed E-state index contributed by atoms with van der Waals surface area (Å²) in [4.78, 5) is 3.33. The minimum Gasteiger partial charge on any atom is -0.387 e. The van der Waals surface area contributed by atoms with Crippen LogP contribution < -0.4 is 4.74 Å². The lowest BCUT2D eigenvalue weighted by Crippen LogP contribution is -2.19. The summed E-state index contributed by atoms with van der Waals surface area (Å²) in [7, 11) is 0. The van der Waals surface area contributed by atoms with Crippen LogP contribution in [-0.4, -0.2) is 11.3 Å². The highest BCUT2D eigenvalue weighted by molar-refractivity contribution is 14.1. The molecule has 1 rings (SSSR count). The summed E-state index contributed by atoms with van der Waals surface area (Å²) >= 11 is 3.03. The van der Waals surface area contributed by atoms with Gasteiger partial charge in [-0.15, -0.1) is 13.2 Å². The van der Waals surface area contributed by atoms with Gasteiger partial charge in [-0.3, -0.25) is 0 Å². The molecule has 0 radical (unpaired) electrons. The second kappa shape index (κ2) is 4.33. The van der Waals surface area contributed by atoms with Crippen molar-refractivity contribution < 1.29 is 22.3 Å². The first-order valence-corrected chi connectivity index (χ1v) is 5.22. The Hall–Kier alpha value is 0.130. The van der Waals surface area contributed by atoms with E-state index in [1.807, 2.05) is 0 Å². The summed E-state index contributed by atoms with van der Waals surface area (Å²) < 4.78 is 51.7. The van der Waals surface area contributed by atoms with E-state index < -0.39 is 18.1 Å². The molecule has 0 fully saturated rings. The number of aromatic nitrogens is 1. The fourth-order valence-corrected chi connectivity index (χ4v) is 2.07. The van der Waals surface area contributed by atoms with Gasteiger partial charge in [0.05, 0.1) is 3.57 Å². The van der Waals surface area contributed by atoms with E-state index in [-0.39, 0.29) is 7.14 Å². The predicted octanol–water partition coefficient (Wildman–Crippen LogP) is 3.33. The molecular weight excluding hydrogens is 432 g/mol. The third kappa shape index (κ3) is 3.07. The maximum Gasteiger partial charge on any atom is 0.574 e. The van der Waals surface area contributed by atoms with Crippen molar-refractivity contribution in [3.05, 3.63) is 19.2 Å². The summed E-state index contributed by atoms with van der Waals surface area (Å²) in [5, 5.41) is 0. The number of hydrogen-bond donors (Lipinski definition) is 0. The summed E-state index contributed by atoms with van der Waals surface area (Å²) in [6, 6.07) is 0. The third-order valence-corrected chi connectivity index (χ3v) is 2.78. The lowest BCUT2D eigenvalue weighted by Gasteiger charge is -2.09. The van der Waals surface area contributed by atoms with Gasteiger partial charge in [0, 0.05) is 6.20 Å². The number of halogens is 6. The average Bonchev–Trinajstić information content (AvgIpc) is 2.04. The number of pyridine rings is 1. The number of nitrogens with zero attached hydrogens (tertiary/aromatic N) is 1. The van der Waals surface area contributed by atoms with Crippen LogP contribution in [0.3, 0.4) is 0 Å². The third-order valence-electron chi connectivity index (χ3n) is 1.10. The van der Waals surface area contributed by atoms with E-state index in [1.165, 1.54) is 22.6 Å². The van der Waals surface area contributed by atoms with Crippen LogP contribution in [0.4, 0.5) is 17.6 Å². The molecule has 1 aromatic rings. The molecule has 14 heavy (non-hydrogen) atoms. The number of alkyl halides is 3. The molecule has 0 aliphatic carbocycles. The van der Waals surface area contributed by atoms with Gasteiger partial charge in [0.1, 0.15) is 3.57 Å². The molecular formula is C6HF4I2NO. The molecule has 8 heteroatoms. The van der Waals surface area contributed by atoms with Crippen LogP contribution in [0.25, 0.3) is 0 Å². The van der Waals surface area contributed by atoms with Crippen LogP contribution >= 0.6 is 45.2 Å². The van der Waals surface area contributed by atoms with Gasteiger partial charge in [0.25, 0.3) is 0 Å². The van der Waals surface area contributed by atoms with Crippen molar-refractivity contribution in [2.75, 3.05) is 0 Å². The Morgan fingerprint density at radius 2 is 1.86 bits per heavy atom. The standard InChI is InChI=1S/C6HF4I2NO/c7-3-2(11)1-13-5(4(3)12)14-6(8,9)10/h1H. The molecule has 1 aromatic heterocycles. The molecule has 0 saturated carbocycles. The average molecular weight is 433 g/mol. The van der Waals surface area contributed by atoms with E-state index in [0.29, 0.717) is 0 Å². The number of ether oxygens (including phenoxy) is 1. The maximum atomic E-state index is 13.1. The van der Waals surface area contributed by atoms with Crippen molar-refractivity contribution in [3.63, 3.8) is 0 Å². The summed E-state index contributed by atoms with van der Waals surface area (Å²) in [5.41, 5.74) is 0. The predicted molar refractivity (Wildman–Crippen MR) is 56.3 cm³/mol. The van der Waals surface area contributed by atoms with Crippen molar-refractivity contribution >= 4 is 45.2 Å². The Morgan fingerprint density at radius 3 is 2.36 bits per heavy atom. The second-order valence-electron chi connectivity index (χ2n) is 2.09. The fourth-order valence-electron chi connectivity index (χ4n) is 0.608. The number of rotatable bonds is 1. The first kappa shape index (κ1) is 12.2. The number of hydrogen-bond acceptors (Lipinski definition) is 2. The van der Waals surface area contributed by atoms with Gasteiger partial charge < -0.3 is 4.74 Å². The lowest BCUT2D eigenvalue weighted by molar-refractivity contribution is -0.276. The first-order valence-electron chi connectivity index (χ1n) is 3.06. The van der Waals surface area contributed by atoms with E-state index >= 15 is 0 Å². The summed E-state index contributed by atoms with van der Waals surface area (Å²) in [6.07, 6.45) is -3.88. The van der Waals surface area contributed by atoms with Crippen molar-refractivity contribution in [1.29, 1.82) is 0 Å². The topological polar surface area (TPSA) is 22.1 Å². The molecule has 2 nitrogen and oxygen atoms in total. The van der Waals surface area contributed by atoms with Crippen molar-refractivity contribution in [1.82, 2.24) is 4.98 Å². The molecule has 0 aliphatic rings. The van der Waals surface area contributed by atoms with Gasteiger partial charge in [-0.05, 0) is 45.2 Å². The van der Waals surface area contributed by atoms with Crippen molar-refractivity contribution in [3.8, 4) is 5.88 Å². The molecule has 0 saturated heterocycles. The SMILES string of the molecule is Fc1c(I)cnc(OC(F)(F)F)c1I. The molecule has 0 unspecified atom stereocenters. The highest BCUT2D eigenvalue weighted by Crippen LogP contribution is 2.28. The van der Waals surface area contributed by atoms with Crippen LogP contribution in [0.15, 0.2) is 6.20 Å². The van der Waals surface area contributed by atoms with Gasteiger partial charge >= 0.3 is 6.36 Å². The van der Waals surface area contributed by atoms with Crippen LogP contribution in [0.5, 0.6) is 5.88 Å². The Bertz CT molecular complexity index is 354. The highest BCUT2D eigenvalue weighted by Gasteiger charge is 2.33. The Kier molecular flexibility index (Phi) is 3.77. The normalized spacial score (nSPS) is 11.6. The maximum absolute atomic E-state index is 13.1. The van der Waals surface area contributed by atoms with Crippen LogP contribution in [0, 0.1) is 13.0 Å².